The third-order valence-electron chi connectivity index (χ3n) is 3.19. The molecule has 0 saturated heterocycles. The van der Waals surface area contributed by atoms with Crippen molar-refractivity contribution in [2.45, 2.75) is 45.4 Å². The maximum atomic E-state index is 9.27. The van der Waals surface area contributed by atoms with Gasteiger partial charge in [0.2, 0.25) is 11.7 Å². The van der Waals surface area contributed by atoms with Gasteiger partial charge in [-0.2, -0.15) is 4.98 Å². The highest BCUT2D eigenvalue weighted by molar-refractivity contribution is 5.55. The molecule has 0 unspecified atom stereocenters. The summed E-state index contributed by atoms with van der Waals surface area (Å²) in [4.78, 5) is 4.49. The van der Waals surface area contributed by atoms with E-state index in [0.29, 0.717) is 11.7 Å². The first-order valence-corrected chi connectivity index (χ1v) is 6.87. The number of phenolic OH excluding ortho intramolecular Hbond substituents is 1. The number of aromatic hydroxyl groups is 1. The van der Waals surface area contributed by atoms with Crippen molar-refractivity contribution >= 4 is 0 Å². The summed E-state index contributed by atoms with van der Waals surface area (Å²) in [6.45, 7) is 4.33. The van der Waals surface area contributed by atoms with Crippen LogP contribution in [-0.4, -0.2) is 15.2 Å². The van der Waals surface area contributed by atoms with Gasteiger partial charge in [0, 0.05) is 11.5 Å². The highest BCUT2D eigenvalue weighted by Gasteiger charge is 2.18. The lowest BCUT2D eigenvalue weighted by molar-refractivity contribution is 0.337. The molecule has 4 heteroatoms. The van der Waals surface area contributed by atoms with E-state index in [9.17, 15) is 5.11 Å². The molecule has 0 radical (unpaired) electrons. The van der Waals surface area contributed by atoms with Crippen molar-refractivity contribution < 1.29 is 9.63 Å². The SMILES string of the molecule is CCCC(CCC)c1nc(-c2ccc(O)cc2)no1. The van der Waals surface area contributed by atoms with E-state index < -0.39 is 0 Å². The molecule has 0 saturated carbocycles. The van der Waals surface area contributed by atoms with Gasteiger partial charge < -0.3 is 9.63 Å². The highest BCUT2D eigenvalue weighted by atomic mass is 16.5. The fraction of sp³-hybridized carbons (Fsp3) is 0.467. The Morgan fingerprint density at radius 3 is 2.32 bits per heavy atom. The Labute approximate surface area is 113 Å². The molecule has 0 spiro atoms. The molecule has 0 fully saturated rings. The maximum absolute atomic E-state index is 9.27. The summed E-state index contributed by atoms with van der Waals surface area (Å²) in [5, 5.41) is 13.3. The van der Waals surface area contributed by atoms with Crippen LogP contribution < -0.4 is 0 Å². The first-order valence-electron chi connectivity index (χ1n) is 6.87. The first kappa shape index (κ1) is 13.6. The van der Waals surface area contributed by atoms with E-state index in [1.54, 1.807) is 24.3 Å². The van der Waals surface area contributed by atoms with Gasteiger partial charge in [-0.25, -0.2) is 0 Å². The molecule has 19 heavy (non-hydrogen) atoms. The van der Waals surface area contributed by atoms with Crippen molar-refractivity contribution in [3.8, 4) is 17.1 Å². The van der Waals surface area contributed by atoms with Gasteiger partial charge in [-0.1, -0.05) is 31.8 Å². The number of rotatable bonds is 6. The minimum absolute atomic E-state index is 0.238. The lowest BCUT2D eigenvalue weighted by Crippen LogP contribution is -1.98. The average molecular weight is 260 g/mol. The van der Waals surface area contributed by atoms with Gasteiger partial charge in [0.25, 0.3) is 0 Å². The van der Waals surface area contributed by atoms with Crippen LogP contribution in [0.1, 0.15) is 51.3 Å². The number of hydrogen-bond acceptors (Lipinski definition) is 4. The van der Waals surface area contributed by atoms with Crippen LogP contribution in [0.25, 0.3) is 11.4 Å². The van der Waals surface area contributed by atoms with Crippen LogP contribution in [0.3, 0.4) is 0 Å². The topological polar surface area (TPSA) is 59.2 Å². The third-order valence-corrected chi connectivity index (χ3v) is 3.19. The van der Waals surface area contributed by atoms with E-state index in [1.165, 1.54) is 0 Å². The van der Waals surface area contributed by atoms with Crippen molar-refractivity contribution in [2.75, 3.05) is 0 Å². The molecule has 4 nitrogen and oxygen atoms in total. The summed E-state index contributed by atoms with van der Waals surface area (Å²) in [6.07, 6.45) is 4.37. The zero-order chi connectivity index (χ0) is 13.7. The maximum Gasteiger partial charge on any atom is 0.230 e. The van der Waals surface area contributed by atoms with Gasteiger partial charge in [0.15, 0.2) is 0 Å². The summed E-state index contributed by atoms with van der Waals surface area (Å²) in [5.41, 5.74) is 0.861. The molecular formula is C15H20N2O2. The molecule has 0 amide bonds. The fourth-order valence-corrected chi connectivity index (χ4v) is 2.22. The van der Waals surface area contributed by atoms with Crippen molar-refractivity contribution in [1.82, 2.24) is 10.1 Å². The molecule has 0 bridgehead atoms. The molecule has 2 rings (SSSR count). The number of aromatic nitrogens is 2. The predicted molar refractivity (Wildman–Crippen MR) is 74.0 cm³/mol. The van der Waals surface area contributed by atoms with Crippen LogP contribution in [0, 0.1) is 0 Å². The zero-order valence-electron chi connectivity index (χ0n) is 11.5. The van der Waals surface area contributed by atoms with E-state index >= 15 is 0 Å². The number of benzene rings is 1. The molecular weight excluding hydrogens is 240 g/mol. The van der Waals surface area contributed by atoms with Gasteiger partial charge >= 0.3 is 0 Å². The molecule has 0 aliphatic heterocycles. The smallest absolute Gasteiger partial charge is 0.230 e. The Morgan fingerprint density at radius 2 is 1.74 bits per heavy atom. The normalized spacial score (nSPS) is 11.1. The van der Waals surface area contributed by atoms with Crippen molar-refractivity contribution in [3.63, 3.8) is 0 Å². The Hall–Kier alpha value is -1.84. The summed E-state index contributed by atoms with van der Waals surface area (Å²) >= 11 is 0. The Bertz CT molecular complexity index is 499. The molecule has 0 atom stereocenters. The minimum atomic E-state index is 0.238. The van der Waals surface area contributed by atoms with Gasteiger partial charge in [-0.05, 0) is 37.1 Å². The average Bonchev–Trinajstić information content (AvgIpc) is 2.89. The number of phenols is 1. The molecule has 1 aromatic heterocycles. The van der Waals surface area contributed by atoms with E-state index in [4.69, 9.17) is 4.52 Å². The molecule has 102 valence electrons. The van der Waals surface area contributed by atoms with E-state index in [0.717, 1.165) is 37.1 Å². The molecule has 0 aliphatic rings. The molecule has 2 aromatic rings. The highest BCUT2D eigenvalue weighted by Crippen LogP contribution is 2.27. The van der Waals surface area contributed by atoms with E-state index in [-0.39, 0.29) is 5.75 Å². The van der Waals surface area contributed by atoms with Crippen molar-refractivity contribution in [2.24, 2.45) is 0 Å². The van der Waals surface area contributed by atoms with E-state index in [1.807, 2.05) is 0 Å². The summed E-state index contributed by atoms with van der Waals surface area (Å²) < 4.78 is 5.39. The zero-order valence-corrected chi connectivity index (χ0v) is 11.5. The molecule has 1 aromatic carbocycles. The second kappa shape index (κ2) is 6.36. The fourth-order valence-electron chi connectivity index (χ4n) is 2.22. The quantitative estimate of drug-likeness (QED) is 0.848. The van der Waals surface area contributed by atoms with Gasteiger partial charge in [0.05, 0.1) is 0 Å². The third kappa shape index (κ3) is 3.34. The lowest BCUT2D eigenvalue weighted by atomic mass is 9.98. The van der Waals surface area contributed by atoms with Crippen LogP contribution in [0.15, 0.2) is 28.8 Å². The van der Waals surface area contributed by atoms with Crippen LogP contribution in [-0.2, 0) is 0 Å². The Morgan fingerprint density at radius 1 is 1.11 bits per heavy atom. The molecule has 1 N–H and O–H groups in total. The summed E-state index contributed by atoms with van der Waals surface area (Å²) in [5.74, 6) is 1.91. The number of nitrogens with zero attached hydrogens (tertiary/aromatic N) is 2. The predicted octanol–water partition coefficient (Wildman–Crippen LogP) is 4.13. The van der Waals surface area contributed by atoms with E-state index in [2.05, 4.69) is 24.0 Å². The second-order valence-corrected chi connectivity index (χ2v) is 4.78. The Kier molecular flexibility index (Phi) is 4.55. The standard InChI is InChI=1S/C15H20N2O2/c1-3-5-12(6-4-2)15-16-14(17-19-15)11-7-9-13(18)10-8-11/h7-10,12,18H,3-6H2,1-2H3. The van der Waals surface area contributed by atoms with Crippen LogP contribution in [0.2, 0.25) is 0 Å². The van der Waals surface area contributed by atoms with Gasteiger partial charge in [0.1, 0.15) is 5.75 Å². The molecule has 1 heterocycles. The van der Waals surface area contributed by atoms with Gasteiger partial charge in [-0.15, -0.1) is 0 Å². The van der Waals surface area contributed by atoms with Crippen molar-refractivity contribution in [1.29, 1.82) is 0 Å². The molecule has 0 aliphatic carbocycles. The Balaban J connectivity index is 2.19. The minimum Gasteiger partial charge on any atom is -0.508 e. The summed E-state index contributed by atoms with van der Waals surface area (Å²) in [6, 6.07) is 6.83. The summed E-state index contributed by atoms with van der Waals surface area (Å²) in [7, 11) is 0. The second-order valence-electron chi connectivity index (χ2n) is 4.78. The lowest BCUT2D eigenvalue weighted by Gasteiger charge is -2.08. The number of hydrogen-bond donors (Lipinski definition) is 1. The van der Waals surface area contributed by atoms with Crippen LogP contribution >= 0.6 is 0 Å². The van der Waals surface area contributed by atoms with Crippen LogP contribution in [0.4, 0.5) is 0 Å². The monoisotopic (exact) mass is 260 g/mol. The first-order chi connectivity index (χ1) is 9.24. The van der Waals surface area contributed by atoms with Crippen LogP contribution in [0.5, 0.6) is 5.75 Å². The van der Waals surface area contributed by atoms with Crippen molar-refractivity contribution in [3.05, 3.63) is 30.2 Å². The van der Waals surface area contributed by atoms with Gasteiger partial charge in [-0.3, -0.25) is 0 Å². The largest absolute Gasteiger partial charge is 0.508 e.